The molecule has 4 heteroatoms. The summed E-state index contributed by atoms with van der Waals surface area (Å²) in [6.45, 7) is 2.44. The molecule has 0 amide bonds. The molecule has 3 nitrogen and oxygen atoms in total. The molecule has 0 unspecified atom stereocenters. The Balaban J connectivity index is 1.87. The highest BCUT2D eigenvalue weighted by atomic mass is 123. The first-order valence-electron chi connectivity index (χ1n) is 7.13. The lowest BCUT2D eigenvalue weighted by molar-refractivity contribution is -0.0435. The van der Waals surface area contributed by atoms with Crippen LogP contribution in [0.4, 0.5) is 0 Å². The van der Waals surface area contributed by atoms with Crippen molar-refractivity contribution in [3.8, 4) is 5.75 Å². The summed E-state index contributed by atoms with van der Waals surface area (Å²) >= 11 is 2.30. The molecule has 2 aromatic rings. The molecule has 1 heterocycles. The largest absolute Gasteiger partial charge is 0.482 e. The summed E-state index contributed by atoms with van der Waals surface area (Å²) in [6.07, 6.45) is -0.0768. The van der Waals surface area contributed by atoms with Gasteiger partial charge in [-0.2, -0.15) is 0 Å². The smallest absolute Gasteiger partial charge is 0.151 e. The van der Waals surface area contributed by atoms with Gasteiger partial charge < -0.3 is 14.8 Å². The van der Waals surface area contributed by atoms with Crippen LogP contribution in [0, 0.1) is 3.57 Å². The first kappa shape index (κ1) is 14.8. The Bertz CT molecular complexity index is 570. The van der Waals surface area contributed by atoms with E-state index in [0.29, 0.717) is 0 Å². The van der Waals surface area contributed by atoms with Crippen LogP contribution in [-0.4, -0.2) is 25.8 Å². The van der Waals surface area contributed by atoms with Gasteiger partial charge in [-0.05, 0) is 40.3 Å². The number of benzene rings is 2. The van der Waals surface area contributed by atoms with Crippen molar-refractivity contribution in [1.82, 2.24) is 5.32 Å². The van der Waals surface area contributed by atoms with Crippen LogP contribution in [0.25, 0.3) is 0 Å². The van der Waals surface area contributed by atoms with Crippen LogP contribution in [-0.2, 0) is 4.74 Å². The van der Waals surface area contributed by atoms with E-state index in [0.717, 1.165) is 34.6 Å². The van der Waals surface area contributed by atoms with Crippen LogP contribution in [0.3, 0.4) is 0 Å². The molecule has 1 N–H and O–H groups in total. The van der Waals surface area contributed by atoms with Crippen LogP contribution in [0.2, 0.25) is 0 Å². The quantitative estimate of drug-likeness (QED) is 0.811. The SMILES string of the molecule is [123I]c1ccccc1O[C@@H](c1ccccc1)[C@@H]1CNCCO1. The maximum Gasteiger partial charge on any atom is 0.151 e. The first-order chi connectivity index (χ1) is 10.3. The Kier molecular flexibility index (Phi) is 5.11. The molecule has 0 aliphatic carbocycles. The Morgan fingerprint density at radius 3 is 2.57 bits per heavy atom. The van der Waals surface area contributed by atoms with Gasteiger partial charge in [0.25, 0.3) is 0 Å². The average molecular weight is 391 g/mol. The number of hydrogen-bond donors (Lipinski definition) is 1. The van der Waals surface area contributed by atoms with Gasteiger partial charge >= 0.3 is 0 Å². The highest BCUT2D eigenvalue weighted by Crippen LogP contribution is 2.30. The van der Waals surface area contributed by atoms with Crippen LogP contribution < -0.4 is 10.1 Å². The monoisotopic (exact) mass is 391 g/mol. The van der Waals surface area contributed by atoms with Gasteiger partial charge in [-0.3, -0.25) is 0 Å². The van der Waals surface area contributed by atoms with Gasteiger partial charge in [0.05, 0.1) is 10.2 Å². The molecular weight excluding hydrogens is 373 g/mol. The van der Waals surface area contributed by atoms with E-state index in [4.69, 9.17) is 9.47 Å². The lowest BCUT2D eigenvalue weighted by Crippen LogP contribution is -2.43. The highest BCUT2D eigenvalue weighted by molar-refractivity contribution is 14.1. The Hall–Kier alpha value is -1.11. The highest BCUT2D eigenvalue weighted by Gasteiger charge is 2.28. The molecule has 2 atom stereocenters. The van der Waals surface area contributed by atoms with Crippen molar-refractivity contribution >= 4 is 22.6 Å². The van der Waals surface area contributed by atoms with Gasteiger partial charge in [-0.25, -0.2) is 0 Å². The third kappa shape index (κ3) is 3.75. The number of nitrogens with one attached hydrogen (secondary N) is 1. The van der Waals surface area contributed by atoms with Gasteiger partial charge in [-0.1, -0.05) is 42.5 Å². The van der Waals surface area contributed by atoms with Crippen molar-refractivity contribution in [2.24, 2.45) is 0 Å². The van der Waals surface area contributed by atoms with Crippen molar-refractivity contribution in [3.05, 3.63) is 63.7 Å². The summed E-state index contributed by atoms with van der Waals surface area (Å²) < 4.78 is 13.3. The molecule has 0 aromatic heterocycles. The second kappa shape index (κ2) is 7.24. The van der Waals surface area contributed by atoms with Crippen molar-refractivity contribution in [2.75, 3.05) is 19.7 Å². The third-order valence-electron chi connectivity index (χ3n) is 3.51. The minimum absolute atomic E-state index is 0.0251. The summed E-state index contributed by atoms with van der Waals surface area (Å²) in [7, 11) is 0. The fourth-order valence-corrected chi connectivity index (χ4v) is 2.97. The number of ether oxygens (including phenoxy) is 2. The minimum atomic E-state index is -0.102. The van der Waals surface area contributed by atoms with Crippen LogP contribution in [0.1, 0.15) is 11.7 Å². The first-order valence-corrected chi connectivity index (χ1v) is 8.21. The van der Waals surface area contributed by atoms with E-state index in [2.05, 4.69) is 46.1 Å². The van der Waals surface area contributed by atoms with Crippen molar-refractivity contribution in [3.63, 3.8) is 0 Å². The number of halogens is 1. The fraction of sp³-hybridized carbons (Fsp3) is 0.294. The Labute approximate surface area is 138 Å². The average Bonchev–Trinajstić information content (AvgIpc) is 2.56. The molecule has 1 saturated heterocycles. The van der Waals surface area contributed by atoms with Crippen molar-refractivity contribution < 1.29 is 9.47 Å². The number of rotatable bonds is 4. The van der Waals surface area contributed by atoms with E-state index in [9.17, 15) is 0 Å². The summed E-state index contributed by atoms with van der Waals surface area (Å²) in [6, 6.07) is 18.4. The normalized spacial score (nSPS) is 20.0. The molecule has 3 rings (SSSR count). The molecule has 110 valence electrons. The van der Waals surface area contributed by atoms with E-state index in [1.807, 2.05) is 36.4 Å². The van der Waals surface area contributed by atoms with E-state index >= 15 is 0 Å². The second-order valence-corrected chi connectivity index (χ2v) is 6.16. The summed E-state index contributed by atoms with van der Waals surface area (Å²) in [5, 5.41) is 3.38. The molecular formula is C17H18INO2. The number of hydrogen-bond acceptors (Lipinski definition) is 3. The Morgan fingerprint density at radius 1 is 1.10 bits per heavy atom. The maximum absolute atomic E-state index is 6.30. The van der Waals surface area contributed by atoms with Crippen molar-refractivity contribution in [2.45, 2.75) is 12.2 Å². The molecule has 21 heavy (non-hydrogen) atoms. The van der Waals surface area contributed by atoms with Gasteiger partial charge in [0.15, 0.2) is 6.10 Å². The Morgan fingerprint density at radius 2 is 1.86 bits per heavy atom. The predicted molar refractivity (Wildman–Crippen MR) is 91.6 cm³/mol. The summed E-state index contributed by atoms with van der Waals surface area (Å²) in [5.74, 6) is 0.904. The fourth-order valence-electron chi connectivity index (χ4n) is 2.46. The zero-order valence-corrected chi connectivity index (χ0v) is 13.8. The van der Waals surface area contributed by atoms with Crippen LogP contribution in [0.15, 0.2) is 54.6 Å². The molecule has 1 aliphatic rings. The molecule has 2 aromatic carbocycles. The number of morpholine rings is 1. The lowest BCUT2D eigenvalue weighted by atomic mass is 10.0. The van der Waals surface area contributed by atoms with E-state index in [1.54, 1.807) is 0 Å². The van der Waals surface area contributed by atoms with Crippen molar-refractivity contribution in [1.29, 1.82) is 0 Å². The predicted octanol–water partition coefficient (Wildman–Crippen LogP) is 3.40. The van der Waals surface area contributed by atoms with Crippen LogP contribution >= 0.6 is 22.6 Å². The molecule has 1 aliphatic heterocycles. The number of para-hydroxylation sites is 1. The standard InChI is InChI=1S/C17H18INO2/c18-14-8-4-5-9-15(14)21-17(13-6-2-1-3-7-13)16-12-19-10-11-20-16/h1-9,16-17,19H,10-12H2/t16-,17-/m0/s1/i18-4. The minimum Gasteiger partial charge on any atom is -0.482 e. The van der Waals surface area contributed by atoms with Gasteiger partial charge in [0.2, 0.25) is 0 Å². The summed E-state index contributed by atoms with van der Waals surface area (Å²) in [5.41, 5.74) is 1.14. The van der Waals surface area contributed by atoms with E-state index in [-0.39, 0.29) is 12.2 Å². The molecule has 1 fully saturated rings. The molecule has 0 bridgehead atoms. The molecule has 0 spiro atoms. The van der Waals surface area contributed by atoms with Gasteiger partial charge in [0, 0.05) is 13.1 Å². The maximum atomic E-state index is 6.30. The van der Waals surface area contributed by atoms with E-state index in [1.165, 1.54) is 0 Å². The van der Waals surface area contributed by atoms with E-state index < -0.39 is 0 Å². The zero-order valence-electron chi connectivity index (χ0n) is 11.7. The summed E-state index contributed by atoms with van der Waals surface area (Å²) in [4.78, 5) is 0. The molecule has 0 saturated carbocycles. The second-order valence-electron chi connectivity index (χ2n) is 4.99. The molecule has 0 radical (unpaired) electrons. The van der Waals surface area contributed by atoms with Gasteiger partial charge in [-0.15, -0.1) is 0 Å². The lowest BCUT2D eigenvalue weighted by Gasteiger charge is -2.31. The van der Waals surface area contributed by atoms with Crippen LogP contribution in [0.5, 0.6) is 5.75 Å². The topological polar surface area (TPSA) is 30.5 Å². The van der Waals surface area contributed by atoms with Gasteiger partial charge in [0.1, 0.15) is 11.9 Å². The zero-order chi connectivity index (χ0) is 14.5. The third-order valence-corrected chi connectivity index (χ3v) is 4.40.